The van der Waals surface area contributed by atoms with Crippen LogP contribution in [0.4, 0.5) is 0 Å². The van der Waals surface area contributed by atoms with E-state index in [1.54, 1.807) is 0 Å². The molecule has 0 heterocycles. The Hall–Kier alpha value is -0.650. The van der Waals surface area contributed by atoms with Crippen molar-refractivity contribution in [3.8, 4) is 0 Å². The van der Waals surface area contributed by atoms with Crippen molar-refractivity contribution in [2.75, 3.05) is 40.4 Å². The second kappa shape index (κ2) is 7.63. The number of nitrogens with one attached hydrogen (secondary N) is 1. The van der Waals surface area contributed by atoms with Gasteiger partial charge in [-0.3, -0.25) is 4.79 Å². The molecule has 0 aromatic carbocycles. The fourth-order valence-corrected chi connectivity index (χ4v) is 1.99. The van der Waals surface area contributed by atoms with Crippen molar-refractivity contribution >= 4 is 5.91 Å². The number of carbonyl (C=O) groups excluding carboxylic acids is 1. The lowest BCUT2D eigenvalue weighted by molar-refractivity contribution is -0.125. The largest absolute Gasteiger partial charge is 0.378 e. The smallest absolute Gasteiger partial charge is 0.223 e. The highest BCUT2D eigenvalue weighted by Crippen LogP contribution is 2.23. The third kappa shape index (κ3) is 6.00. The van der Waals surface area contributed by atoms with Crippen molar-refractivity contribution in [1.29, 1.82) is 0 Å². The van der Waals surface area contributed by atoms with Gasteiger partial charge in [-0.25, -0.2) is 0 Å². The molecule has 0 radical (unpaired) electrons. The van der Waals surface area contributed by atoms with E-state index in [1.165, 1.54) is 0 Å². The standard InChI is InChI=1S/C12H25N3O2/c1-15(2)6-8-17-7-5-14-12(16)10-3-4-11(13)9-10/h10-11H,3-9,13H2,1-2H3,(H,14,16). The van der Waals surface area contributed by atoms with Gasteiger partial charge in [-0.05, 0) is 33.4 Å². The monoisotopic (exact) mass is 243 g/mol. The van der Waals surface area contributed by atoms with Gasteiger partial charge in [-0.15, -0.1) is 0 Å². The zero-order valence-electron chi connectivity index (χ0n) is 10.9. The van der Waals surface area contributed by atoms with Crippen LogP contribution >= 0.6 is 0 Å². The minimum atomic E-state index is 0.117. The fraction of sp³-hybridized carbons (Fsp3) is 0.917. The molecule has 0 bridgehead atoms. The Morgan fingerprint density at radius 3 is 2.76 bits per heavy atom. The maximum Gasteiger partial charge on any atom is 0.223 e. The summed E-state index contributed by atoms with van der Waals surface area (Å²) in [6.07, 6.45) is 2.72. The molecule has 1 aliphatic carbocycles. The van der Waals surface area contributed by atoms with Gasteiger partial charge in [-0.1, -0.05) is 0 Å². The molecule has 1 amide bonds. The van der Waals surface area contributed by atoms with Gasteiger partial charge in [-0.2, -0.15) is 0 Å². The molecule has 3 N–H and O–H groups in total. The van der Waals surface area contributed by atoms with E-state index >= 15 is 0 Å². The van der Waals surface area contributed by atoms with E-state index in [2.05, 4.69) is 10.2 Å². The highest BCUT2D eigenvalue weighted by Gasteiger charge is 2.27. The molecule has 0 saturated heterocycles. The van der Waals surface area contributed by atoms with E-state index in [-0.39, 0.29) is 17.9 Å². The first-order valence-electron chi connectivity index (χ1n) is 6.35. The SMILES string of the molecule is CN(C)CCOCCNC(=O)C1CCC(N)C1. The van der Waals surface area contributed by atoms with Crippen molar-refractivity contribution < 1.29 is 9.53 Å². The zero-order chi connectivity index (χ0) is 12.7. The van der Waals surface area contributed by atoms with Crippen LogP contribution in [0.2, 0.25) is 0 Å². The molecule has 0 spiro atoms. The highest BCUT2D eigenvalue weighted by atomic mass is 16.5. The molecule has 100 valence electrons. The van der Waals surface area contributed by atoms with Crippen molar-refractivity contribution in [3.05, 3.63) is 0 Å². The van der Waals surface area contributed by atoms with Gasteiger partial charge in [0.25, 0.3) is 0 Å². The fourth-order valence-electron chi connectivity index (χ4n) is 1.99. The van der Waals surface area contributed by atoms with Gasteiger partial charge in [0.05, 0.1) is 13.2 Å². The van der Waals surface area contributed by atoms with E-state index in [4.69, 9.17) is 10.5 Å². The van der Waals surface area contributed by atoms with E-state index in [9.17, 15) is 4.79 Å². The molecule has 5 heteroatoms. The average Bonchev–Trinajstić information content (AvgIpc) is 2.69. The lowest BCUT2D eigenvalue weighted by atomic mass is 10.1. The van der Waals surface area contributed by atoms with Crippen LogP contribution in [-0.2, 0) is 9.53 Å². The van der Waals surface area contributed by atoms with Gasteiger partial charge in [0.1, 0.15) is 0 Å². The molecule has 2 unspecified atom stereocenters. The Balaban J connectivity index is 1.97. The quantitative estimate of drug-likeness (QED) is 0.608. The van der Waals surface area contributed by atoms with Crippen LogP contribution in [0, 0.1) is 5.92 Å². The third-order valence-electron chi connectivity index (χ3n) is 3.07. The topological polar surface area (TPSA) is 67.6 Å². The van der Waals surface area contributed by atoms with Crippen LogP contribution in [0.3, 0.4) is 0 Å². The molecule has 1 saturated carbocycles. The second-order valence-corrected chi connectivity index (χ2v) is 4.98. The first kappa shape index (κ1) is 14.4. The number of hydrogen-bond donors (Lipinski definition) is 2. The predicted molar refractivity (Wildman–Crippen MR) is 67.7 cm³/mol. The first-order valence-corrected chi connectivity index (χ1v) is 6.35. The van der Waals surface area contributed by atoms with E-state index in [1.807, 2.05) is 14.1 Å². The molecule has 0 aromatic heterocycles. The molecule has 1 rings (SSSR count). The summed E-state index contributed by atoms with van der Waals surface area (Å²) in [6, 6.07) is 0.210. The third-order valence-corrected chi connectivity index (χ3v) is 3.07. The summed E-state index contributed by atoms with van der Waals surface area (Å²) in [4.78, 5) is 13.8. The molecular formula is C12H25N3O2. The average molecular weight is 243 g/mol. The van der Waals surface area contributed by atoms with Crippen LogP contribution in [0.15, 0.2) is 0 Å². The Kier molecular flexibility index (Phi) is 6.47. The summed E-state index contributed by atoms with van der Waals surface area (Å²) < 4.78 is 5.40. The van der Waals surface area contributed by atoms with Crippen molar-refractivity contribution in [2.24, 2.45) is 11.7 Å². The van der Waals surface area contributed by atoms with Crippen molar-refractivity contribution in [3.63, 3.8) is 0 Å². The van der Waals surface area contributed by atoms with Gasteiger partial charge in [0.2, 0.25) is 5.91 Å². The van der Waals surface area contributed by atoms with Crippen molar-refractivity contribution in [1.82, 2.24) is 10.2 Å². The summed E-state index contributed by atoms with van der Waals surface area (Å²) in [5.41, 5.74) is 5.78. The number of rotatable bonds is 7. The summed E-state index contributed by atoms with van der Waals surface area (Å²) in [7, 11) is 4.02. The molecular weight excluding hydrogens is 218 g/mol. The zero-order valence-corrected chi connectivity index (χ0v) is 10.9. The molecule has 5 nitrogen and oxygen atoms in total. The van der Waals surface area contributed by atoms with E-state index in [0.29, 0.717) is 19.8 Å². The lowest BCUT2D eigenvalue weighted by Gasteiger charge is -2.12. The molecule has 1 aliphatic rings. The summed E-state index contributed by atoms with van der Waals surface area (Å²) in [5.74, 6) is 0.251. The maximum absolute atomic E-state index is 11.7. The Labute approximate surface area is 104 Å². The molecule has 17 heavy (non-hydrogen) atoms. The molecule has 0 aromatic rings. The van der Waals surface area contributed by atoms with Gasteiger partial charge in [0, 0.05) is 25.0 Å². The number of carbonyl (C=O) groups is 1. The second-order valence-electron chi connectivity index (χ2n) is 4.98. The maximum atomic E-state index is 11.7. The summed E-state index contributed by atoms with van der Waals surface area (Å²) in [5, 5.41) is 2.90. The number of nitrogens with two attached hydrogens (primary N) is 1. The van der Waals surface area contributed by atoms with Crippen molar-refractivity contribution in [2.45, 2.75) is 25.3 Å². The van der Waals surface area contributed by atoms with Gasteiger partial charge in [0.15, 0.2) is 0 Å². The van der Waals surface area contributed by atoms with E-state index < -0.39 is 0 Å². The van der Waals surface area contributed by atoms with Crippen LogP contribution in [0.1, 0.15) is 19.3 Å². The van der Waals surface area contributed by atoms with Gasteiger partial charge < -0.3 is 20.7 Å². The number of hydrogen-bond acceptors (Lipinski definition) is 4. The normalized spacial score (nSPS) is 24.2. The summed E-state index contributed by atoms with van der Waals surface area (Å²) >= 11 is 0. The van der Waals surface area contributed by atoms with Crippen LogP contribution in [0.5, 0.6) is 0 Å². The predicted octanol–water partition coefficient (Wildman–Crippen LogP) is -0.192. The number of ether oxygens (including phenoxy) is 1. The minimum absolute atomic E-state index is 0.117. The molecule has 1 fully saturated rings. The Bertz CT molecular complexity index is 234. The Morgan fingerprint density at radius 1 is 1.41 bits per heavy atom. The highest BCUT2D eigenvalue weighted by molar-refractivity contribution is 5.78. The molecule has 2 atom stereocenters. The van der Waals surface area contributed by atoms with Crippen LogP contribution in [0.25, 0.3) is 0 Å². The molecule has 0 aliphatic heterocycles. The Morgan fingerprint density at radius 2 is 2.18 bits per heavy atom. The first-order chi connectivity index (χ1) is 8.09. The number of nitrogens with zero attached hydrogens (tertiary/aromatic N) is 1. The summed E-state index contributed by atoms with van der Waals surface area (Å²) in [6.45, 7) is 2.79. The van der Waals surface area contributed by atoms with Crippen LogP contribution in [-0.4, -0.2) is 57.2 Å². The minimum Gasteiger partial charge on any atom is -0.378 e. The van der Waals surface area contributed by atoms with Crippen LogP contribution < -0.4 is 11.1 Å². The lowest BCUT2D eigenvalue weighted by Crippen LogP contribution is -2.33. The number of likely N-dealkylation sites (N-methyl/N-ethyl adjacent to an activating group) is 1. The van der Waals surface area contributed by atoms with Gasteiger partial charge >= 0.3 is 0 Å². The van der Waals surface area contributed by atoms with E-state index in [0.717, 1.165) is 25.8 Å². The number of amides is 1.